The smallest absolute Gasteiger partial charge is 0.241 e. The molecule has 1 rings (SSSR count). The molecule has 0 aliphatic heterocycles. The molecule has 0 fully saturated rings. The summed E-state index contributed by atoms with van der Waals surface area (Å²) in [5.41, 5.74) is 1.97. The van der Waals surface area contributed by atoms with Gasteiger partial charge in [0.15, 0.2) is 0 Å². The summed E-state index contributed by atoms with van der Waals surface area (Å²) in [7, 11) is 0. The van der Waals surface area contributed by atoms with E-state index in [0.717, 1.165) is 24.2 Å². The molecule has 2 N–H and O–H groups in total. The minimum absolute atomic E-state index is 0. The molecule has 1 amide bonds. The van der Waals surface area contributed by atoms with E-state index in [0.29, 0.717) is 0 Å². The lowest BCUT2D eigenvalue weighted by Crippen LogP contribution is -2.38. The van der Waals surface area contributed by atoms with Crippen LogP contribution in [0.4, 0.5) is 5.69 Å². The first-order valence-electron chi connectivity index (χ1n) is 5.75. The van der Waals surface area contributed by atoms with Gasteiger partial charge in [0, 0.05) is 5.69 Å². The van der Waals surface area contributed by atoms with Crippen LogP contribution in [0.25, 0.3) is 0 Å². The van der Waals surface area contributed by atoms with Gasteiger partial charge < -0.3 is 10.6 Å². The first-order chi connectivity index (χ1) is 7.65. The van der Waals surface area contributed by atoms with Crippen molar-refractivity contribution in [2.24, 2.45) is 0 Å². The van der Waals surface area contributed by atoms with Gasteiger partial charge >= 0.3 is 0 Å². The van der Waals surface area contributed by atoms with Crippen LogP contribution in [-0.4, -0.2) is 18.5 Å². The highest BCUT2D eigenvalue weighted by Gasteiger charge is 2.11. The molecule has 1 atom stereocenters. The second-order valence-electron chi connectivity index (χ2n) is 3.98. The zero-order valence-corrected chi connectivity index (χ0v) is 11.4. The summed E-state index contributed by atoms with van der Waals surface area (Å²) in [6, 6.07) is 7.63. The number of amides is 1. The van der Waals surface area contributed by atoms with Crippen molar-refractivity contribution in [3.05, 3.63) is 29.8 Å². The molecule has 0 unspecified atom stereocenters. The molecule has 0 heterocycles. The van der Waals surface area contributed by atoms with E-state index in [1.807, 2.05) is 38.1 Å². The van der Waals surface area contributed by atoms with E-state index in [1.54, 1.807) is 0 Å². The number of rotatable bonds is 5. The third-order valence-electron chi connectivity index (χ3n) is 2.50. The second-order valence-corrected chi connectivity index (χ2v) is 3.98. The van der Waals surface area contributed by atoms with Gasteiger partial charge in [-0.2, -0.15) is 0 Å². The molecule has 1 aromatic rings. The van der Waals surface area contributed by atoms with Crippen molar-refractivity contribution in [2.75, 3.05) is 11.9 Å². The summed E-state index contributed by atoms with van der Waals surface area (Å²) in [6.07, 6.45) is 1.03. The molecular formula is C13H21ClN2O. The number of anilines is 1. The van der Waals surface area contributed by atoms with Gasteiger partial charge in [0.25, 0.3) is 0 Å². The van der Waals surface area contributed by atoms with Crippen LogP contribution in [0.15, 0.2) is 24.3 Å². The molecular weight excluding hydrogens is 236 g/mol. The summed E-state index contributed by atoms with van der Waals surface area (Å²) >= 11 is 0. The van der Waals surface area contributed by atoms with Gasteiger partial charge in [-0.15, -0.1) is 12.4 Å². The Bertz CT molecular complexity index is 355. The van der Waals surface area contributed by atoms with Crippen molar-refractivity contribution in [1.82, 2.24) is 5.32 Å². The highest BCUT2D eigenvalue weighted by molar-refractivity contribution is 5.95. The van der Waals surface area contributed by atoms with Crippen LogP contribution >= 0.6 is 12.4 Å². The maximum atomic E-state index is 11.8. The Morgan fingerprint density at radius 1 is 1.35 bits per heavy atom. The molecule has 0 spiro atoms. The molecule has 4 heteroatoms. The molecule has 0 aromatic heterocycles. The maximum Gasteiger partial charge on any atom is 0.241 e. The largest absolute Gasteiger partial charge is 0.324 e. The molecule has 0 aliphatic rings. The van der Waals surface area contributed by atoms with Gasteiger partial charge in [0.2, 0.25) is 5.91 Å². The Balaban J connectivity index is 0.00000256. The summed E-state index contributed by atoms with van der Waals surface area (Å²) in [5, 5.41) is 6.08. The molecule has 17 heavy (non-hydrogen) atoms. The standard InChI is InChI=1S/C13H20N2O.ClH/c1-4-9-14-11(3)13(16)15-12-8-6-5-7-10(12)2;/h5-8,11,14H,4,9H2,1-3H3,(H,15,16);1H/t11-;/m0./s1. The maximum absolute atomic E-state index is 11.8. The van der Waals surface area contributed by atoms with Crippen LogP contribution in [0.3, 0.4) is 0 Å². The number of benzene rings is 1. The van der Waals surface area contributed by atoms with Crippen molar-refractivity contribution in [3.63, 3.8) is 0 Å². The van der Waals surface area contributed by atoms with Crippen molar-refractivity contribution in [1.29, 1.82) is 0 Å². The fourth-order valence-electron chi connectivity index (χ4n) is 1.41. The van der Waals surface area contributed by atoms with E-state index >= 15 is 0 Å². The van der Waals surface area contributed by atoms with E-state index in [4.69, 9.17) is 0 Å². The van der Waals surface area contributed by atoms with Gasteiger partial charge in [-0.25, -0.2) is 0 Å². The van der Waals surface area contributed by atoms with Crippen molar-refractivity contribution in [2.45, 2.75) is 33.2 Å². The summed E-state index contributed by atoms with van der Waals surface area (Å²) in [6.45, 7) is 6.81. The van der Waals surface area contributed by atoms with Gasteiger partial charge in [0.05, 0.1) is 6.04 Å². The number of nitrogens with one attached hydrogen (secondary N) is 2. The molecule has 0 aliphatic carbocycles. The molecule has 0 radical (unpaired) electrons. The average molecular weight is 257 g/mol. The number of carbonyl (C=O) groups excluding carboxylic acids is 1. The summed E-state index contributed by atoms with van der Waals surface area (Å²) in [4.78, 5) is 11.8. The fourth-order valence-corrected chi connectivity index (χ4v) is 1.41. The Morgan fingerprint density at radius 2 is 2.00 bits per heavy atom. The van der Waals surface area contributed by atoms with Crippen LogP contribution in [0, 0.1) is 6.92 Å². The lowest BCUT2D eigenvalue weighted by molar-refractivity contribution is -0.117. The molecule has 0 saturated carbocycles. The minimum atomic E-state index is -0.153. The Kier molecular flexibility index (Phi) is 7.59. The molecule has 1 aromatic carbocycles. The first-order valence-corrected chi connectivity index (χ1v) is 5.75. The number of hydrogen-bond acceptors (Lipinski definition) is 2. The molecule has 0 saturated heterocycles. The predicted octanol–water partition coefficient (Wildman–Crippen LogP) is 2.74. The van der Waals surface area contributed by atoms with Crippen molar-refractivity contribution in [3.8, 4) is 0 Å². The number of aryl methyl sites for hydroxylation is 1. The number of hydrogen-bond donors (Lipinski definition) is 2. The highest BCUT2D eigenvalue weighted by atomic mass is 35.5. The Labute approximate surface area is 109 Å². The SMILES string of the molecule is CCCN[C@@H](C)C(=O)Nc1ccccc1C.Cl. The van der Waals surface area contributed by atoms with Gasteiger partial charge in [0.1, 0.15) is 0 Å². The number of carbonyl (C=O) groups is 1. The topological polar surface area (TPSA) is 41.1 Å². The molecule has 0 bridgehead atoms. The highest BCUT2D eigenvalue weighted by Crippen LogP contribution is 2.13. The fraction of sp³-hybridized carbons (Fsp3) is 0.462. The van der Waals surface area contributed by atoms with E-state index < -0.39 is 0 Å². The zero-order chi connectivity index (χ0) is 12.0. The average Bonchev–Trinajstić information content (AvgIpc) is 2.28. The lowest BCUT2D eigenvalue weighted by Gasteiger charge is -2.14. The summed E-state index contributed by atoms with van der Waals surface area (Å²) in [5.74, 6) is 0.0164. The normalized spacial score (nSPS) is 11.5. The predicted molar refractivity (Wildman–Crippen MR) is 74.8 cm³/mol. The number of halogens is 1. The van der Waals surface area contributed by atoms with Crippen LogP contribution in [-0.2, 0) is 4.79 Å². The van der Waals surface area contributed by atoms with Crippen LogP contribution < -0.4 is 10.6 Å². The Hall–Kier alpha value is -1.06. The van der Waals surface area contributed by atoms with Gasteiger partial charge in [-0.1, -0.05) is 25.1 Å². The second kappa shape index (κ2) is 8.09. The summed E-state index contributed by atoms with van der Waals surface area (Å²) < 4.78 is 0. The molecule has 96 valence electrons. The van der Waals surface area contributed by atoms with Gasteiger partial charge in [-0.05, 0) is 38.4 Å². The number of para-hydroxylation sites is 1. The third kappa shape index (κ3) is 5.20. The zero-order valence-electron chi connectivity index (χ0n) is 10.6. The van der Waals surface area contributed by atoms with Crippen LogP contribution in [0.2, 0.25) is 0 Å². The van der Waals surface area contributed by atoms with E-state index in [9.17, 15) is 4.79 Å². The quantitative estimate of drug-likeness (QED) is 0.851. The van der Waals surface area contributed by atoms with Crippen LogP contribution in [0.1, 0.15) is 25.8 Å². The van der Waals surface area contributed by atoms with E-state index in [2.05, 4.69) is 17.6 Å². The van der Waals surface area contributed by atoms with E-state index in [-0.39, 0.29) is 24.4 Å². The van der Waals surface area contributed by atoms with Crippen LogP contribution in [0.5, 0.6) is 0 Å². The van der Waals surface area contributed by atoms with Gasteiger partial charge in [-0.3, -0.25) is 4.79 Å². The molecule has 3 nitrogen and oxygen atoms in total. The van der Waals surface area contributed by atoms with Crippen molar-refractivity contribution >= 4 is 24.0 Å². The lowest BCUT2D eigenvalue weighted by atomic mass is 10.2. The third-order valence-corrected chi connectivity index (χ3v) is 2.50. The monoisotopic (exact) mass is 256 g/mol. The minimum Gasteiger partial charge on any atom is -0.324 e. The first kappa shape index (κ1) is 15.9. The Morgan fingerprint density at radius 3 is 2.59 bits per heavy atom. The van der Waals surface area contributed by atoms with E-state index in [1.165, 1.54) is 0 Å². The van der Waals surface area contributed by atoms with Crippen molar-refractivity contribution < 1.29 is 4.79 Å².